The van der Waals surface area contributed by atoms with Crippen molar-refractivity contribution >= 4 is 17.7 Å². The summed E-state index contributed by atoms with van der Waals surface area (Å²) in [6.07, 6.45) is 0.216. The van der Waals surface area contributed by atoms with Crippen LogP contribution in [0.15, 0.2) is 30.3 Å². The van der Waals surface area contributed by atoms with Gasteiger partial charge in [0.1, 0.15) is 5.78 Å². The van der Waals surface area contributed by atoms with Gasteiger partial charge in [-0.1, -0.05) is 18.2 Å². The number of ketones is 1. The van der Waals surface area contributed by atoms with Gasteiger partial charge in [0.2, 0.25) is 5.79 Å². The van der Waals surface area contributed by atoms with Crippen molar-refractivity contribution < 1.29 is 28.6 Å². The van der Waals surface area contributed by atoms with E-state index in [-0.39, 0.29) is 43.0 Å². The van der Waals surface area contributed by atoms with E-state index in [1.807, 2.05) is 6.07 Å². The van der Waals surface area contributed by atoms with Crippen LogP contribution in [0.1, 0.15) is 30.1 Å². The predicted octanol–water partition coefficient (Wildman–Crippen LogP) is 1.73. The normalized spacial score (nSPS) is 29.0. The van der Waals surface area contributed by atoms with Crippen LogP contribution in [-0.2, 0) is 23.8 Å². The Hall–Kier alpha value is -2.21. The Balaban J connectivity index is 1.64. The van der Waals surface area contributed by atoms with Crippen LogP contribution in [0.2, 0.25) is 0 Å². The maximum atomic E-state index is 12.0. The maximum absolute atomic E-state index is 12.0. The van der Waals surface area contributed by atoms with Crippen LogP contribution in [0.3, 0.4) is 0 Å². The fourth-order valence-corrected chi connectivity index (χ4v) is 3.24. The number of ether oxygens (including phenoxy) is 3. The molecule has 1 aromatic carbocycles. The Morgan fingerprint density at radius 3 is 2.74 bits per heavy atom. The summed E-state index contributed by atoms with van der Waals surface area (Å²) in [7, 11) is 0. The molecule has 0 spiro atoms. The number of benzene rings is 1. The third-order valence-corrected chi connectivity index (χ3v) is 4.28. The summed E-state index contributed by atoms with van der Waals surface area (Å²) in [6.45, 7) is 1.87. The zero-order valence-corrected chi connectivity index (χ0v) is 12.8. The minimum absolute atomic E-state index is 0.0343. The van der Waals surface area contributed by atoms with E-state index in [0.717, 1.165) is 0 Å². The Morgan fingerprint density at radius 2 is 2.04 bits per heavy atom. The molecule has 0 amide bonds. The number of carbonyl (C=O) groups excluding carboxylic acids is 3. The van der Waals surface area contributed by atoms with Crippen molar-refractivity contribution in [1.82, 2.24) is 0 Å². The SMILES string of the molecule is CC(=O)C[C@@]12OC[C@@H](COC(=O)c3ccccc3)[C@@H]1CC(=O)O2. The molecular weight excluding hydrogens is 300 g/mol. The van der Waals surface area contributed by atoms with Gasteiger partial charge in [-0.05, 0) is 19.1 Å². The highest BCUT2D eigenvalue weighted by Gasteiger charge is 2.59. The molecule has 0 N–H and O–H groups in total. The average Bonchev–Trinajstić information content (AvgIpc) is 2.99. The largest absolute Gasteiger partial charge is 0.462 e. The first-order valence-corrected chi connectivity index (χ1v) is 7.57. The van der Waals surface area contributed by atoms with Crippen molar-refractivity contribution in [2.24, 2.45) is 11.8 Å². The van der Waals surface area contributed by atoms with Crippen molar-refractivity contribution in [3.63, 3.8) is 0 Å². The van der Waals surface area contributed by atoms with Gasteiger partial charge in [0, 0.05) is 11.8 Å². The van der Waals surface area contributed by atoms with Gasteiger partial charge < -0.3 is 14.2 Å². The Morgan fingerprint density at radius 1 is 1.30 bits per heavy atom. The fraction of sp³-hybridized carbons (Fsp3) is 0.471. The monoisotopic (exact) mass is 318 g/mol. The van der Waals surface area contributed by atoms with Crippen LogP contribution >= 0.6 is 0 Å². The summed E-state index contributed by atoms with van der Waals surface area (Å²) in [4.78, 5) is 35.1. The highest BCUT2D eigenvalue weighted by atomic mass is 16.7. The molecule has 3 rings (SSSR count). The van der Waals surface area contributed by atoms with Crippen molar-refractivity contribution in [2.45, 2.75) is 25.6 Å². The van der Waals surface area contributed by atoms with Gasteiger partial charge in [-0.25, -0.2) is 4.79 Å². The quantitative estimate of drug-likeness (QED) is 0.769. The summed E-state index contributed by atoms with van der Waals surface area (Å²) in [5.41, 5.74) is 0.472. The summed E-state index contributed by atoms with van der Waals surface area (Å²) >= 11 is 0. The molecule has 0 unspecified atom stereocenters. The van der Waals surface area contributed by atoms with Crippen molar-refractivity contribution in [1.29, 1.82) is 0 Å². The molecule has 2 aliphatic rings. The number of rotatable bonds is 5. The number of hydrogen-bond donors (Lipinski definition) is 0. The molecule has 6 nitrogen and oxygen atoms in total. The van der Waals surface area contributed by atoms with E-state index in [2.05, 4.69) is 0 Å². The first-order valence-electron chi connectivity index (χ1n) is 7.57. The molecule has 6 heteroatoms. The lowest BCUT2D eigenvalue weighted by Gasteiger charge is -2.26. The van der Waals surface area contributed by atoms with E-state index in [9.17, 15) is 14.4 Å². The first-order chi connectivity index (χ1) is 11.0. The third kappa shape index (κ3) is 3.12. The van der Waals surface area contributed by atoms with Crippen LogP contribution < -0.4 is 0 Å². The number of fused-ring (bicyclic) bond motifs is 1. The lowest BCUT2D eigenvalue weighted by atomic mass is 9.86. The number of esters is 2. The minimum atomic E-state index is -1.17. The molecule has 0 aromatic heterocycles. The average molecular weight is 318 g/mol. The standard InChI is InChI=1S/C17H18O6/c1-11(18)8-17-14(7-15(19)23-17)13(10-22-17)9-21-16(20)12-5-3-2-4-6-12/h2-6,13-14H,7-10H2,1H3/t13-,14+,17+/m1/s1. The van der Waals surface area contributed by atoms with Gasteiger partial charge in [-0.2, -0.15) is 0 Å². The summed E-state index contributed by atoms with van der Waals surface area (Å²) < 4.78 is 16.3. The predicted molar refractivity (Wildman–Crippen MR) is 78.4 cm³/mol. The number of Topliss-reactive ketones (excluding diaryl/α,β-unsaturated/α-hetero) is 1. The summed E-state index contributed by atoms with van der Waals surface area (Å²) in [5.74, 6) is -2.50. The molecule has 2 heterocycles. The first kappa shape index (κ1) is 15.7. The smallest absolute Gasteiger partial charge is 0.338 e. The van der Waals surface area contributed by atoms with Crippen LogP contribution in [0, 0.1) is 11.8 Å². The molecule has 1 aromatic rings. The molecule has 2 fully saturated rings. The molecule has 2 aliphatic heterocycles. The van der Waals surface area contributed by atoms with Gasteiger partial charge in [-0.3, -0.25) is 9.59 Å². The zero-order valence-electron chi connectivity index (χ0n) is 12.8. The van der Waals surface area contributed by atoms with Crippen LogP contribution in [-0.4, -0.2) is 36.7 Å². The van der Waals surface area contributed by atoms with Gasteiger partial charge in [0.25, 0.3) is 0 Å². The van der Waals surface area contributed by atoms with Crippen LogP contribution in [0.5, 0.6) is 0 Å². The highest BCUT2D eigenvalue weighted by Crippen LogP contribution is 2.47. The maximum Gasteiger partial charge on any atom is 0.338 e. The number of hydrogen-bond acceptors (Lipinski definition) is 6. The van der Waals surface area contributed by atoms with E-state index < -0.39 is 11.8 Å². The van der Waals surface area contributed by atoms with Crippen molar-refractivity contribution in [3.8, 4) is 0 Å². The number of carbonyl (C=O) groups is 3. The van der Waals surface area contributed by atoms with Crippen LogP contribution in [0.4, 0.5) is 0 Å². The van der Waals surface area contributed by atoms with Gasteiger partial charge in [-0.15, -0.1) is 0 Å². The van der Waals surface area contributed by atoms with Gasteiger partial charge >= 0.3 is 11.9 Å². The Kier molecular flexibility index (Phi) is 4.17. The molecule has 122 valence electrons. The van der Waals surface area contributed by atoms with Gasteiger partial charge in [0.05, 0.1) is 31.6 Å². The fourth-order valence-electron chi connectivity index (χ4n) is 3.24. The molecule has 23 heavy (non-hydrogen) atoms. The molecular formula is C17H18O6. The molecule has 0 bridgehead atoms. The van der Waals surface area contributed by atoms with Gasteiger partial charge in [0.15, 0.2) is 0 Å². The second-order valence-corrected chi connectivity index (χ2v) is 6.01. The second kappa shape index (κ2) is 6.12. The van der Waals surface area contributed by atoms with E-state index in [4.69, 9.17) is 14.2 Å². The van der Waals surface area contributed by atoms with E-state index in [1.165, 1.54) is 6.92 Å². The van der Waals surface area contributed by atoms with E-state index in [1.54, 1.807) is 24.3 Å². The lowest BCUT2D eigenvalue weighted by Crippen LogP contribution is -2.37. The van der Waals surface area contributed by atoms with Crippen molar-refractivity contribution in [3.05, 3.63) is 35.9 Å². The van der Waals surface area contributed by atoms with E-state index in [0.29, 0.717) is 12.2 Å². The van der Waals surface area contributed by atoms with Crippen molar-refractivity contribution in [2.75, 3.05) is 13.2 Å². The third-order valence-electron chi connectivity index (χ3n) is 4.28. The Bertz CT molecular complexity index is 625. The molecule has 2 saturated heterocycles. The highest BCUT2D eigenvalue weighted by molar-refractivity contribution is 5.89. The van der Waals surface area contributed by atoms with E-state index >= 15 is 0 Å². The summed E-state index contributed by atoms with van der Waals surface area (Å²) in [6, 6.07) is 8.69. The molecule has 3 atom stereocenters. The molecule has 0 aliphatic carbocycles. The second-order valence-electron chi connectivity index (χ2n) is 6.01. The molecule has 0 radical (unpaired) electrons. The van der Waals surface area contributed by atoms with Crippen LogP contribution in [0.25, 0.3) is 0 Å². The zero-order chi connectivity index (χ0) is 16.4. The minimum Gasteiger partial charge on any atom is -0.462 e. The Labute approximate surface area is 133 Å². The molecule has 0 saturated carbocycles. The topological polar surface area (TPSA) is 78.9 Å². The summed E-state index contributed by atoms with van der Waals surface area (Å²) in [5, 5.41) is 0. The lowest BCUT2D eigenvalue weighted by molar-refractivity contribution is -0.204.